The van der Waals surface area contributed by atoms with Gasteiger partial charge in [0.15, 0.2) is 0 Å². The molecule has 2 amide bonds. The number of benzene rings is 1. The van der Waals surface area contributed by atoms with Gasteiger partial charge in [0.25, 0.3) is 0 Å². The van der Waals surface area contributed by atoms with Gasteiger partial charge in [0, 0.05) is 24.0 Å². The van der Waals surface area contributed by atoms with Gasteiger partial charge in [-0.2, -0.15) is 0 Å². The summed E-state index contributed by atoms with van der Waals surface area (Å²) in [7, 11) is 0. The van der Waals surface area contributed by atoms with E-state index in [1.54, 1.807) is 23.5 Å². The molecule has 110 valence electrons. The van der Waals surface area contributed by atoms with E-state index < -0.39 is 0 Å². The second-order valence-corrected chi connectivity index (χ2v) is 5.77. The first-order chi connectivity index (χ1) is 10.1. The predicted octanol–water partition coefficient (Wildman–Crippen LogP) is 2.61. The number of nitrogens with one attached hydrogen (secondary N) is 2. The van der Waals surface area contributed by atoms with E-state index in [-0.39, 0.29) is 11.8 Å². The predicted molar refractivity (Wildman–Crippen MR) is 85.5 cm³/mol. The Morgan fingerprint density at radius 1 is 1.14 bits per heavy atom. The average Bonchev–Trinajstić information content (AvgIpc) is 2.93. The Balaban J connectivity index is 1.75. The molecule has 0 saturated carbocycles. The summed E-state index contributed by atoms with van der Waals surface area (Å²) in [4.78, 5) is 24.0. The molecule has 4 nitrogen and oxygen atoms in total. The number of anilines is 1. The van der Waals surface area contributed by atoms with Crippen LogP contribution in [-0.2, 0) is 22.4 Å². The third-order valence-corrected chi connectivity index (χ3v) is 3.85. The molecule has 0 spiro atoms. The van der Waals surface area contributed by atoms with Crippen LogP contribution in [0, 0.1) is 0 Å². The Morgan fingerprint density at radius 2 is 1.90 bits per heavy atom. The maximum atomic E-state index is 11.8. The van der Waals surface area contributed by atoms with E-state index in [1.807, 2.05) is 23.6 Å². The van der Waals surface area contributed by atoms with Crippen molar-refractivity contribution in [2.45, 2.75) is 19.8 Å². The number of carbonyl (C=O) groups is 2. The second-order valence-electron chi connectivity index (χ2n) is 4.73. The van der Waals surface area contributed by atoms with Crippen LogP contribution in [0.4, 0.5) is 5.69 Å². The monoisotopic (exact) mass is 302 g/mol. The number of hydrogen-bond acceptors (Lipinski definition) is 3. The average molecular weight is 302 g/mol. The van der Waals surface area contributed by atoms with Gasteiger partial charge in [-0.05, 0) is 35.6 Å². The topological polar surface area (TPSA) is 58.2 Å². The molecule has 0 saturated heterocycles. The lowest BCUT2D eigenvalue weighted by Gasteiger charge is -2.06. The molecule has 0 aliphatic carbocycles. The zero-order valence-corrected chi connectivity index (χ0v) is 12.7. The molecule has 1 aromatic heterocycles. The minimum absolute atomic E-state index is 0.0128. The molecular weight excluding hydrogens is 284 g/mol. The van der Waals surface area contributed by atoms with Gasteiger partial charge in [-0.3, -0.25) is 9.59 Å². The summed E-state index contributed by atoms with van der Waals surface area (Å²) in [6.07, 6.45) is 1.22. The minimum Gasteiger partial charge on any atom is -0.355 e. The maximum absolute atomic E-state index is 11.8. The van der Waals surface area contributed by atoms with Crippen molar-refractivity contribution in [2.75, 3.05) is 11.9 Å². The highest BCUT2D eigenvalue weighted by atomic mass is 32.1. The third kappa shape index (κ3) is 5.39. The molecular formula is C16H18N2O2S. The highest BCUT2D eigenvalue weighted by Crippen LogP contribution is 2.10. The Kier molecular flexibility index (Phi) is 5.51. The molecule has 21 heavy (non-hydrogen) atoms. The summed E-state index contributed by atoms with van der Waals surface area (Å²) in [5.41, 5.74) is 1.67. The van der Waals surface area contributed by atoms with Gasteiger partial charge < -0.3 is 10.6 Å². The highest BCUT2D eigenvalue weighted by Gasteiger charge is 2.04. The van der Waals surface area contributed by atoms with Crippen molar-refractivity contribution in [1.29, 1.82) is 0 Å². The summed E-state index contributed by atoms with van der Waals surface area (Å²) in [6, 6.07) is 11.4. The summed E-state index contributed by atoms with van der Waals surface area (Å²) >= 11 is 1.70. The van der Waals surface area contributed by atoms with Gasteiger partial charge in [0.05, 0.1) is 6.42 Å². The molecule has 0 aliphatic rings. The van der Waals surface area contributed by atoms with Crippen LogP contribution in [-0.4, -0.2) is 18.4 Å². The van der Waals surface area contributed by atoms with E-state index in [9.17, 15) is 9.59 Å². The van der Waals surface area contributed by atoms with Crippen LogP contribution in [0.5, 0.6) is 0 Å². The maximum Gasteiger partial charge on any atom is 0.224 e. The molecule has 0 aliphatic heterocycles. The summed E-state index contributed by atoms with van der Waals surface area (Å²) in [5, 5.41) is 7.65. The van der Waals surface area contributed by atoms with Crippen molar-refractivity contribution in [3.63, 3.8) is 0 Å². The molecule has 2 rings (SSSR count). The fourth-order valence-electron chi connectivity index (χ4n) is 1.94. The van der Waals surface area contributed by atoms with E-state index in [1.165, 1.54) is 11.8 Å². The summed E-state index contributed by atoms with van der Waals surface area (Å²) in [5.74, 6) is -0.0899. The first kappa shape index (κ1) is 15.3. The number of thiophene rings is 1. The van der Waals surface area contributed by atoms with Crippen molar-refractivity contribution in [2.24, 2.45) is 0 Å². The number of rotatable bonds is 6. The van der Waals surface area contributed by atoms with Gasteiger partial charge in [0.2, 0.25) is 11.8 Å². The lowest BCUT2D eigenvalue weighted by atomic mass is 10.1. The summed E-state index contributed by atoms with van der Waals surface area (Å²) < 4.78 is 0. The first-order valence-corrected chi connectivity index (χ1v) is 7.67. The zero-order chi connectivity index (χ0) is 15.1. The number of amides is 2. The minimum atomic E-state index is -0.103. The van der Waals surface area contributed by atoms with Gasteiger partial charge in [-0.1, -0.05) is 18.2 Å². The molecule has 2 N–H and O–H groups in total. The quantitative estimate of drug-likeness (QED) is 0.862. The lowest BCUT2D eigenvalue weighted by molar-refractivity contribution is -0.120. The normalized spacial score (nSPS) is 10.1. The molecule has 0 bridgehead atoms. The van der Waals surface area contributed by atoms with Crippen LogP contribution in [0.15, 0.2) is 41.8 Å². The molecule has 0 radical (unpaired) electrons. The standard InChI is InChI=1S/C16H18N2O2S/c1-12(19)18-14-6-4-13(5-7-14)11-16(20)17-9-8-15-3-2-10-21-15/h2-7,10H,8-9,11H2,1H3,(H,17,20)(H,18,19). The largest absolute Gasteiger partial charge is 0.355 e. The van der Waals surface area contributed by atoms with Crippen molar-refractivity contribution < 1.29 is 9.59 Å². The van der Waals surface area contributed by atoms with E-state index in [4.69, 9.17) is 0 Å². The van der Waals surface area contributed by atoms with Crippen LogP contribution in [0.2, 0.25) is 0 Å². The van der Waals surface area contributed by atoms with Crippen molar-refractivity contribution in [3.05, 3.63) is 52.2 Å². The van der Waals surface area contributed by atoms with Gasteiger partial charge in [0.1, 0.15) is 0 Å². The van der Waals surface area contributed by atoms with Crippen molar-refractivity contribution in [1.82, 2.24) is 5.32 Å². The Morgan fingerprint density at radius 3 is 2.52 bits per heavy atom. The molecule has 0 atom stereocenters. The molecule has 2 aromatic rings. The Hall–Kier alpha value is -2.14. The molecule has 1 aromatic carbocycles. The molecule has 0 fully saturated rings. The number of hydrogen-bond donors (Lipinski definition) is 2. The van der Waals surface area contributed by atoms with Gasteiger partial charge in [-0.25, -0.2) is 0 Å². The highest BCUT2D eigenvalue weighted by molar-refractivity contribution is 7.09. The third-order valence-electron chi connectivity index (χ3n) is 2.91. The molecule has 5 heteroatoms. The second kappa shape index (κ2) is 7.59. The Bertz CT molecular complexity index is 591. The van der Waals surface area contributed by atoms with E-state index >= 15 is 0 Å². The van der Waals surface area contributed by atoms with Crippen LogP contribution < -0.4 is 10.6 Å². The van der Waals surface area contributed by atoms with Crippen LogP contribution in [0.1, 0.15) is 17.4 Å². The fraction of sp³-hybridized carbons (Fsp3) is 0.250. The smallest absolute Gasteiger partial charge is 0.224 e. The van der Waals surface area contributed by atoms with Crippen LogP contribution in [0.25, 0.3) is 0 Å². The van der Waals surface area contributed by atoms with E-state index in [0.29, 0.717) is 13.0 Å². The molecule has 0 unspecified atom stereocenters. The number of carbonyl (C=O) groups excluding carboxylic acids is 2. The lowest BCUT2D eigenvalue weighted by Crippen LogP contribution is -2.27. The summed E-state index contributed by atoms with van der Waals surface area (Å²) in [6.45, 7) is 2.12. The van der Waals surface area contributed by atoms with Crippen molar-refractivity contribution in [3.8, 4) is 0 Å². The van der Waals surface area contributed by atoms with Crippen molar-refractivity contribution >= 4 is 28.8 Å². The van der Waals surface area contributed by atoms with E-state index in [0.717, 1.165) is 17.7 Å². The van der Waals surface area contributed by atoms with Gasteiger partial charge in [-0.15, -0.1) is 11.3 Å². The fourth-order valence-corrected chi connectivity index (χ4v) is 2.65. The SMILES string of the molecule is CC(=O)Nc1ccc(CC(=O)NCCc2cccs2)cc1. The molecule has 1 heterocycles. The van der Waals surface area contributed by atoms with Gasteiger partial charge >= 0.3 is 0 Å². The first-order valence-electron chi connectivity index (χ1n) is 6.79. The van der Waals surface area contributed by atoms with Crippen LogP contribution in [0.3, 0.4) is 0 Å². The Labute approximate surface area is 128 Å². The van der Waals surface area contributed by atoms with Crippen LogP contribution >= 0.6 is 11.3 Å². The zero-order valence-electron chi connectivity index (χ0n) is 11.9. The van der Waals surface area contributed by atoms with E-state index in [2.05, 4.69) is 16.7 Å².